The van der Waals surface area contributed by atoms with E-state index in [0.717, 1.165) is 12.3 Å². The lowest BCUT2D eigenvalue weighted by Crippen LogP contribution is -2.50. The second-order valence-electron chi connectivity index (χ2n) is 3.61. The monoisotopic (exact) mass is 315 g/mol. The van der Waals surface area contributed by atoms with Crippen LogP contribution in [0.4, 0.5) is 0 Å². The predicted octanol–water partition coefficient (Wildman–Crippen LogP) is 1.65. The van der Waals surface area contributed by atoms with Crippen LogP contribution in [-0.4, -0.2) is 43.7 Å². The number of halogens is 1. The molecule has 13 heavy (non-hydrogen) atoms. The van der Waals surface area contributed by atoms with Crippen LogP contribution in [0.1, 0.15) is 20.3 Å². The van der Waals surface area contributed by atoms with Crippen LogP contribution in [0.15, 0.2) is 0 Å². The maximum absolute atomic E-state index is 11.5. The van der Waals surface area contributed by atoms with Gasteiger partial charge in [0.05, 0.1) is 0 Å². The van der Waals surface area contributed by atoms with Crippen molar-refractivity contribution in [2.24, 2.45) is 0 Å². The molecule has 0 spiro atoms. The second-order valence-corrected chi connectivity index (χ2v) is 6.60. The fourth-order valence-electron chi connectivity index (χ4n) is 1.69. The number of hydrogen-bond acceptors (Lipinski definition) is 2. The van der Waals surface area contributed by atoms with E-state index in [2.05, 4.69) is 41.3 Å². The van der Waals surface area contributed by atoms with E-state index in [9.17, 15) is 4.21 Å². The summed E-state index contributed by atoms with van der Waals surface area (Å²) < 4.78 is 12.7. The van der Waals surface area contributed by atoms with E-state index < -0.39 is 10.8 Å². The van der Waals surface area contributed by atoms with Gasteiger partial charge < -0.3 is 0 Å². The number of hydrogen-bond donors (Lipinski definition) is 0. The van der Waals surface area contributed by atoms with E-state index in [1.54, 1.807) is 0 Å². The highest BCUT2D eigenvalue weighted by atomic mass is 127. The molecule has 0 aromatic heterocycles. The molecule has 0 aromatic carbocycles. The quantitative estimate of drug-likeness (QED) is 0.583. The Labute approximate surface area is 97.0 Å². The third-order valence-corrected chi connectivity index (χ3v) is 5.40. The van der Waals surface area contributed by atoms with Crippen molar-refractivity contribution in [3.8, 4) is 0 Å². The van der Waals surface area contributed by atoms with Crippen molar-refractivity contribution in [2.45, 2.75) is 31.6 Å². The van der Waals surface area contributed by atoms with Crippen LogP contribution >= 0.6 is 22.6 Å². The third-order valence-electron chi connectivity index (χ3n) is 2.83. The summed E-state index contributed by atoms with van der Waals surface area (Å²) in [5.41, 5.74) is 0. The normalized spacial score (nSPS) is 36.4. The Morgan fingerprint density at radius 1 is 1.54 bits per heavy atom. The molecular weight excluding hydrogens is 297 g/mol. The van der Waals surface area contributed by atoms with E-state index in [0.29, 0.717) is 11.3 Å². The summed E-state index contributed by atoms with van der Waals surface area (Å²) in [4.78, 5) is 2.48. The van der Waals surface area contributed by atoms with E-state index >= 15 is 0 Å². The highest BCUT2D eigenvalue weighted by Gasteiger charge is 2.29. The van der Waals surface area contributed by atoms with Crippen molar-refractivity contribution in [1.29, 1.82) is 0 Å². The molecule has 0 radical (unpaired) electrons. The highest BCUT2D eigenvalue weighted by molar-refractivity contribution is 14.1. The van der Waals surface area contributed by atoms with E-state index in [1.165, 1.54) is 17.4 Å². The van der Waals surface area contributed by atoms with Crippen LogP contribution in [0.2, 0.25) is 0 Å². The van der Waals surface area contributed by atoms with Crippen molar-refractivity contribution in [3.63, 3.8) is 0 Å². The van der Waals surface area contributed by atoms with Gasteiger partial charge in [-0.1, -0.05) is 22.6 Å². The smallest absolute Gasteiger partial charge is 0.0473 e. The lowest BCUT2D eigenvalue weighted by molar-refractivity contribution is 0.211. The van der Waals surface area contributed by atoms with Gasteiger partial charge in [-0.05, 0) is 26.8 Å². The summed E-state index contributed by atoms with van der Waals surface area (Å²) in [6, 6.07) is 0.498. The molecule has 1 aliphatic heterocycles. The average Bonchev–Trinajstić information content (AvgIpc) is 2.13. The first-order valence-electron chi connectivity index (χ1n) is 4.84. The standard InChI is InChI=1S/C9H18INOS/c1-8-9(2)13(12)7-6-11(8)5-3-4-10/h8-9H,3-7H2,1-2H3. The van der Waals surface area contributed by atoms with Crippen LogP contribution in [0.3, 0.4) is 0 Å². The molecule has 78 valence electrons. The van der Waals surface area contributed by atoms with Gasteiger partial charge >= 0.3 is 0 Å². The zero-order valence-electron chi connectivity index (χ0n) is 8.33. The largest absolute Gasteiger partial charge is 0.299 e. The molecule has 3 atom stereocenters. The van der Waals surface area contributed by atoms with E-state index in [-0.39, 0.29) is 0 Å². The topological polar surface area (TPSA) is 20.3 Å². The summed E-state index contributed by atoms with van der Waals surface area (Å²) in [5, 5.41) is 0.350. The molecule has 3 unspecified atom stereocenters. The van der Waals surface area contributed by atoms with E-state index in [1.807, 2.05) is 0 Å². The van der Waals surface area contributed by atoms with Gasteiger partial charge in [0.15, 0.2) is 0 Å². The molecule has 1 aliphatic rings. The fourth-order valence-corrected chi connectivity index (χ4v) is 3.43. The van der Waals surface area contributed by atoms with Gasteiger partial charge in [-0.15, -0.1) is 0 Å². The van der Waals surface area contributed by atoms with Crippen LogP contribution in [0.5, 0.6) is 0 Å². The van der Waals surface area contributed by atoms with Crippen LogP contribution < -0.4 is 0 Å². The molecule has 0 amide bonds. The zero-order valence-corrected chi connectivity index (χ0v) is 11.3. The van der Waals surface area contributed by atoms with Crippen LogP contribution in [0, 0.1) is 0 Å². The molecule has 0 bridgehead atoms. The van der Waals surface area contributed by atoms with Crippen molar-refractivity contribution >= 4 is 33.4 Å². The molecule has 1 heterocycles. The Balaban J connectivity index is 2.44. The minimum atomic E-state index is -0.585. The molecule has 1 fully saturated rings. The summed E-state index contributed by atoms with van der Waals surface area (Å²) >= 11 is 2.41. The Hall–Kier alpha value is 0.840. The Bertz CT molecular complexity index is 188. The van der Waals surface area contributed by atoms with Gasteiger partial charge in [0, 0.05) is 38.8 Å². The minimum Gasteiger partial charge on any atom is -0.299 e. The number of alkyl halides is 1. The Kier molecular flexibility index (Phi) is 5.18. The molecule has 1 saturated heterocycles. The van der Waals surface area contributed by atoms with Crippen LogP contribution in [0.25, 0.3) is 0 Å². The fraction of sp³-hybridized carbons (Fsp3) is 1.00. The lowest BCUT2D eigenvalue weighted by atomic mass is 10.2. The summed E-state index contributed by atoms with van der Waals surface area (Å²) in [5.74, 6) is 0.868. The summed E-state index contributed by atoms with van der Waals surface area (Å²) in [7, 11) is -0.585. The predicted molar refractivity (Wildman–Crippen MR) is 67.0 cm³/mol. The first-order chi connectivity index (χ1) is 6.16. The highest BCUT2D eigenvalue weighted by Crippen LogP contribution is 2.16. The molecule has 1 rings (SSSR count). The van der Waals surface area contributed by atoms with Crippen molar-refractivity contribution < 1.29 is 4.21 Å². The molecule has 0 aliphatic carbocycles. The van der Waals surface area contributed by atoms with Crippen molar-refractivity contribution in [3.05, 3.63) is 0 Å². The van der Waals surface area contributed by atoms with Gasteiger partial charge in [-0.2, -0.15) is 0 Å². The average molecular weight is 315 g/mol. The summed E-state index contributed by atoms with van der Waals surface area (Å²) in [6.07, 6.45) is 1.25. The van der Waals surface area contributed by atoms with Gasteiger partial charge in [-0.25, -0.2) is 0 Å². The third kappa shape index (κ3) is 3.16. The first kappa shape index (κ1) is 11.9. The van der Waals surface area contributed by atoms with E-state index in [4.69, 9.17) is 0 Å². The minimum absolute atomic E-state index is 0.350. The molecule has 4 heteroatoms. The van der Waals surface area contributed by atoms with Crippen molar-refractivity contribution in [2.75, 3.05) is 23.3 Å². The van der Waals surface area contributed by atoms with Gasteiger partial charge in [-0.3, -0.25) is 9.11 Å². The van der Waals surface area contributed by atoms with Gasteiger partial charge in [0.25, 0.3) is 0 Å². The molecule has 0 N–H and O–H groups in total. The number of rotatable bonds is 3. The maximum Gasteiger partial charge on any atom is 0.0473 e. The van der Waals surface area contributed by atoms with Gasteiger partial charge in [0.1, 0.15) is 0 Å². The van der Waals surface area contributed by atoms with Crippen LogP contribution in [-0.2, 0) is 10.8 Å². The SMILES string of the molecule is CC1C(C)S(=O)CCN1CCCI. The molecule has 0 aromatic rings. The zero-order chi connectivity index (χ0) is 9.84. The lowest BCUT2D eigenvalue weighted by Gasteiger charge is -2.37. The number of nitrogens with zero attached hydrogens (tertiary/aromatic N) is 1. The second kappa shape index (κ2) is 5.66. The molecule has 0 saturated carbocycles. The van der Waals surface area contributed by atoms with Gasteiger partial charge in [0.2, 0.25) is 0 Å². The Morgan fingerprint density at radius 3 is 2.85 bits per heavy atom. The first-order valence-corrected chi connectivity index (χ1v) is 7.74. The Morgan fingerprint density at radius 2 is 2.23 bits per heavy atom. The maximum atomic E-state index is 11.5. The molecular formula is C9H18INOS. The molecule has 2 nitrogen and oxygen atoms in total. The summed E-state index contributed by atoms with van der Waals surface area (Å²) in [6.45, 7) is 6.51. The van der Waals surface area contributed by atoms with Crippen molar-refractivity contribution in [1.82, 2.24) is 4.90 Å².